The number of hydrogen-bond donors (Lipinski definition) is 0. The number of ether oxygens (including phenoxy) is 1. The fourth-order valence-electron chi connectivity index (χ4n) is 2.66. The van der Waals surface area contributed by atoms with E-state index in [4.69, 9.17) is 4.74 Å². The molecule has 114 valence electrons. The Labute approximate surface area is 123 Å². The van der Waals surface area contributed by atoms with Crippen molar-refractivity contribution in [1.29, 1.82) is 0 Å². The van der Waals surface area contributed by atoms with Crippen LogP contribution < -0.4 is 0 Å². The molecule has 1 aromatic heterocycles. The van der Waals surface area contributed by atoms with E-state index in [9.17, 15) is 9.18 Å². The molecule has 0 atom stereocenters. The molecule has 5 nitrogen and oxygen atoms in total. The zero-order valence-corrected chi connectivity index (χ0v) is 12.4. The van der Waals surface area contributed by atoms with E-state index in [2.05, 4.69) is 9.97 Å². The topological polar surface area (TPSA) is 55.3 Å². The summed E-state index contributed by atoms with van der Waals surface area (Å²) in [5.74, 6) is 0.669. The average Bonchev–Trinajstić information content (AvgIpc) is 3.20. The Morgan fingerprint density at radius 3 is 2.76 bits per heavy atom. The molecule has 0 amide bonds. The van der Waals surface area contributed by atoms with Crippen molar-refractivity contribution in [2.24, 2.45) is 0 Å². The second-order valence-corrected chi connectivity index (χ2v) is 6.16. The van der Waals surface area contributed by atoms with Crippen molar-refractivity contribution in [3.05, 3.63) is 23.3 Å². The highest BCUT2D eigenvalue weighted by Gasteiger charge is 2.39. The third-order valence-corrected chi connectivity index (χ3v) is 3.72. The summed E-state index contributed by atoms with van der Waals surface area (Å²) in [7, 11) is 0. The fourth-order valence-corrected chi connectivity index (χ4v) is 2.66. The number of halogens is 1. The van der Waals surface area contributed by atoms with Crippen LogP contribution in [0.1, 0.15) is 54.6 Å². The van der Waals surface area contributed by atoms with Crippen molar-refractivity contribution >= 4 is 5.97 Å². The van der Waals surface area contributed by atoms with Crippen LogP contribution >= 0.6 is 0 Å². The Morgan fingerprint density at radius 1 is 1.48 bits per heavy atom. The number of likely N-dealkylation sites (tertiary alicyclic amines) is 1. The molecule has 0 bridgehead atoms. The second kappa shape index (κ2) is 5.33. The number of esters is 1. The van der Waals surface area contributed by atoms with Gasteiger partial charge in [-0.15, -0.1) is 0 Å². The third-order valence-electron chi connectivity index (χ3n) is 3.72. The van der Waals surface area contributed by atoms with Crippen molar-refractivity contribution in [3.8, 4) is 0 Å². The summed E-state index contributed by atoms with van der Waals surface area (Å²) >= 11 is 0. The number of rotatable bonds is 5. The van der Waals surface area contributed by atoms with Crippen LogP contribution in [-0.2, 0) is 11.3 Å². The molecule has 0 aromatic carbocycles. The van der Waals surface area contributed by atoms with Crippen molar-refractivity contribution in [3.63, 3.8) is 0 Å². The molecule has 1 aromatic rings. The van der Waals surface area contributed by atoms with E-state index in [0.29, 0.717) is 37.9 Å². The van der Waals surface area contributed by atoms with Crippen molar-refractivity contribution in [1.82, 2.24) is 14.9 Å². The summed E-state index contributed by atoms with van der Waals surface area (Å²) in [5.41, 5.74) is -0.0196. The standard InChI is InChI=1S/C15H20FN3O2/c1-3-21-14(20)12-6-11(7-19-8-15(2,16)9-19)17-13(18-12)10-4-5-10/h6,10H,3-5,7-9H2,1-2H3. The van der Waals surface area contributed by atoms with E-state index >= 15 is 0 Å². The highest BCUT2D eigenvalue weighted by Crippen LogP contribution is 2.38. The van der Waals surface area contributed by atoms with E-state index in [1.54, 1.807) is 19.9 Å². The largest absolute Gasteiger partial charge is 0.461 e. The van der Waals surface area contributed by atoms with E-state index in [1.807, 2.05) is 4.90 Å². The van der Waals surface area contributed by atoms with Gasteiger partial charge in [-0.3, -0.25) is 4.90 Å². The van der Waals surface area contributed by atoms with E-state index in [1.165, 1.54) is 0 Å². The molecule has 0 N–H and O–H groups in total. The first-order valence-electron chi connectivity index (χ1n) is 7.43. The van der Waals surface area contributed by atoms with Crippen LogP contribution in [0.4, 0.5) is 4.39 Å². The Hall–Kier alpha value is -1.56. The Morgan fingerprint density at radius 2 is 2.19 bits per heavy atom. The number of hydrogen-bond acceptors (Lipinski definition) is 5. The predicted molar refractivity (Wildman–Crippen MR) is 74.8 cm³/mol. The molecule has 1 saturated carbocycles. The SMILES string of the molecule is CCOC(=O)c1cc(CN2CC(C)(F)C2)nc(C2CC2)n1. The van der Waals surface area contributed by atoms with Gasteiger partial charge in [0.25, 0.3) is 0 Å². The molecule has 2 aliphatic rings. The number of nitrogens with zero attached hydrogens (tertiary/aromatic N) is 3. The van der Waals surface area contributed by atoms with Crippen LogP contribution in [0.2, 0.25) is 0 Å². The molecule has 1 aliphatic heterocycles. The van der Waals surface area contributed by atoms with Gasteiger partial charge in [0, 0.05) is 25.6 Å². The quantitative estimate of drug-likeness (QED) is 0.778. The minimum absolute atomic E-state index is 0.312. The minimum atomic E-state index is -1.10. The van der Waals surface area contributed by atoms with E-state index < -0.39 is 11.6 Å². The smallest absolute Gasteiger partial charge is 0.357 e. The van der Waals surface area contributed by atoms with Crippen LogP contribution in [0.5, 0.6) is 0 Å². The molecule has 0 spiro atoms. The van der Waals surface area contributed by atoms with E-state index in [-0.39, 0.29) is 0 Å². The summed E-state index contributed by atoms with van der Waals surface area (Å²) in [5, 5.41) is 0. The first-order valence-corrected chi connectivity index (χ1v) is 7.43. The fraction of sp³-hybridized carbons (Fsp3) is 0.667. The Bertz CT molecular complexity index is 550. The number of carbonyl (C=O) groups is 1. The van der Waals surface area contributed by atoms with Crippen LogP contribution in [0, 0.1) is 0 Å². The summed E-state index contributed by atoms with van der Waals surface area (Å²) in [6.45, 7) is 5.06. The lowest BCUT2D eigenvalue weighted by Crippen LogP contribution is -2.56. The van der Waals surface area contributed by atoms with Gasteiger partial charge in [-0.2, -0.15) is 0 Å². The molecule has 3 rings (SSSR count). The van der Waals surface area contributed by atoms with Gasteiger partial charge in [0.1, 0.15) is 11.5 Å². The molecule has 2 heterocycles. The average molecular weight is 293 g/mol. The maximum atomic E-state index is 13.5. The lowest BCUT2D eigenvalue weighted by molar-refractivity contribution is -0.0233. The zero-order chi connectivity index (χ0) is 15.0. The third kappa shape index (κ3) is 3.37. The van der Waals surface area contributed by atoms with Crippen LogP contribution in [0.3, 0.4) is 0 Å². The number of aromatic nitrogens is 2. The lowest BCUT2D eigenvalue weighted by atomic mass is 9.99. The van der Waals surface area contributed by atoms with Crippen molar-refractivity contribution in [2.45, 2.75) is 44.8 Å². The molecule has 0 radical (unpaired) electrons. The van der Waals surface area contributed by atoms with Gasteiger partial charge in [0.05, 0.1) is 12.3 Å². The van der Waals surface area contributed by atoms with Crippen molar-refractivity contribution < 1.29 is 13.9 Å². The van der Waals surface area contributed by atoms with Crippen LogP contribution in [0.25, 0.3) is 0 Å². The maximum absolute atomic E-state index is 13.5. The predicted octanol–water partition coefficient (Wildman–Crippen LogP) is 2.07. The van der Waals surface area contributed by atoms with Crippen LogP contribution in [-0.4, -0.2) is 46.2 Å². The summed E-state index contributed by atoms with van der Waals surface area (Å²) < 4.78 is 18.5. The minimum Gasteiger partial charge on any atom is -0.461 e. The number of carbonyl (C=O) groups excluding carboxylic acids is 1. The maximum Gasteiger partial charge on any atom is 0.357 e. The first-order chi connectivity index (χ1) is 9.97. The summed E-state index contributed by atoms with van der Waals surface area (Å²) in [6.07, 6.45) is 2.13. The lowest BCUT2D eigenvalue weighted by Gasteiger charge is -2.42. The Balaban J connectivity index is 1.77. The monoisotopic (exact) mass is 293 g/mol. The van der Waals surface area contributed by atoms with Gasteiger partial charge in [-0.25, -0.2) is 19.2 Å². The molecule has 6 heteroatoms. The van der Waals surface area contributed by atoms with Crippen LogP contribution in [0.15, 0.2) is 6.07 Å². The molecular formula is C15H20FN3O2. The summed E-state index contributed by atoms with van der Waals surface area (Å²) in [6, 6.07) is 1.66. The van der Waals surface area contributed by atoms with Gasteiger partial charge >= 0.3 is 5.97 Å². The number of alkyl halides is 1. The van der Waals surface area contributed by atoms with Crippen molar-refractivity contribution in [2.75, 3.05) is 19.7 Å². The van der Waals surface area contributed by atoms with Gasteiger partial charge in [-0.05, 0) is 32.8 Å². The molecule has 1 saturated heterocycles. The zero-order valence-electron chi connectivity index (χ0n) is 12.4. The Kier molecular flexibility index (Phi) is 3.65. The highest BCUT2D eigenvalue weighted by molar-refractivity contribution is 5.87. The second-order valence-electron chi connectivity index (χ2n) is 6.16. The van der Waals surface area contributed by atoms with Gasteiger partial charge < -0.3 is 4.74 Å². The summed E-state index contributed by atoms with van der Waals surface area (Å²) in [4.78, 5) is 22.7. The molecule has 21 heavy (non-hydrogen) atoms. The van der Waals surface area contributed by atoms with E-state index in [0.717, 1.165) is 24.4 Å². The highest BCUT2D eigenvalue weighted by atomic mass is 19.1. The van der Waals surface area contributed by atoms with Gasteiger partial charge in [0.2, 0.25) is 0 Å². The normalized spacial score (nSPS) is 20.9. The molecule has 2 fully saturated rings. The molecule has 1 aliphatic carbocycles. The first kappa shape index (κ1) is 14.4. The van der Waals surface area contributed by atoms with Gasteiger partial charge in [-0.1, -0.05) is 0 Å². The van der Waals surface area contributed by atoms with Gasteiger partial charge in [0.15, 0.2) is 5.69 Å². The molecule has 0 unspecified atom stereocenters. The molecular weight excluding hydrogens is 273 g/mol.